The van der Waals surface area contributed by atoms with E-state index in [-0.39, 0.29) is 0 Å². The van der Waals surface area contributed by atoms with Crippen LogP contribution in [0.4, 0.5) is 0 Å². The second-order valence-electron chi connectivity index (χ2n) is 15.0. The molecule has 5 heteroatoms. The minimum Gasteiger partial charge on any atom is -0.309 e. The van der Waals surface area contributed by atoms with E-state index in [4.69, 9.17) is 9.97 Å². The van der Waals surface area contributed by atoms with Gasteiger partial charge < -0.3 is 9.13 Å². The second kappa shape index (κ2) is 13.5. The van der Waals surface area contributed by atoms with Gasteiger partial charge in [-0.1, -0.05) is 140 Å². The lowest BCUT2D eigenvalue weighted by molar-refractivity contribution is 1.12. The van der Waals surface area contributed by atoms with Crippen LogP contribution in [0.1, 0.15) is 0 Å². The lowest BCUT2D eigenvalue weighted by Crippen LogP contribution is -2.02. The molecule has 276 valence electrons. The summed E-state index contributed by atoms with van der Waals surface area (Å²) in [6.07, 6.45) is 0. The Labute approximate surface area is 344 Å². The van der Waals surface area contributed by atoms with E-state index in [2.05, 4.69) is 215 Å². The maximum Gasteiger partial charge on any atom is 0.160 e. The maximum atomic E-state index is 5.46. The summed E-state index contributed by atoms with van der Waals surface area (Å²) < 4.78 is 6.02. The van der Waals surface area contributed by atoms with Crippen LogP contribution >= 0.6 is 11.3 Å². The zero-order valence-electron chi connectivity index (χ0n) is 31.8. The molecule has 4 nitrogen and oxygen atoms in total. The Balaban J connectivity index is 1.15. The van der Waals surface area contributed by atoms with Crippen molar-refractivity contribution in [1.29, 1.82) is 0 Å². The van der Waals surface area contributed by atoms with Gasteiger partial charge in [-0.05, 0) is 83.2 Å². The van der Waals surface area contributed by atoms with Gasteiger partial charge in [-0.3, -0.25) is 0 Å². The Morgan fingerprint density at radius 2 is 0.831 bits per heavy atom. The highest BCUT2D eigenvalue weighted by Gasteiger charge is 2.20. The highest BCUT2D eigenvalue weighted by Crippen LogP contribution is 2.40. The zero-order chi connectivity index (χ0) is 38.9. The largest absolute Gasteiger partial charge is 0.309 e. The first-order valence-corrected chi connectivity index (χ1v) is 20.7. The van der Waals surface area contributed by atoms with Crippen LogP contribution in [0.2, 0.25) is 0 Å². The normalized spacial score (nSPS) is 11.7. The molecule has 12 aromatic rings. The smallest absolute Gasteiger partial charge is 0.160 e. The van der Waals surface area contributed by atoms with Gasteiger partial charge in [-0.2, -0.15) is 0 Å². The average molecular weight is 771 g/mol. The molecular weight excluding hydrogens is 737 g/mol. The van der Waals surface area contributed by atoms with Crippen molar-refractivity contribution >= 4 is 65.0 Å². The lowest BCUT2D eigenvalue weighted by Gasteiger charge is -2.16. The highest BCUT2D eigenvalue weighted by atomic mass is 32.1. The van der Waals surface area contributed by atoms with E-state index < -0.39 is 0 Å². The van der Waals surface area contributed by atoms with Crippen molar-refractivity contribution in [3.8, 4) is 55.7 Å². The maximum absolute atomic E-state index is 5.46. The third-order valence-electron chi connectivity index (χ3n) is 11.5. The summed E-state index contributed by atoms with van der Waals surface area (Å²) in [5, 5.41) is 6.08. The van der Waals surface area contributed by atoms with Crippen molar-refractivity contribution in [3.05, 3.63) is 206 Å². The first-order valence-electron chi connectivity index (χ1n) is 19.9. The molecule has 0 aliphatic carbocycles. The van der Waals surface area contributed by atoms with E-state index in [1.54, 1.807) is 11.3 Å². The molecule has 8 aromatic carbocycles. The SMILES string of the molecule is c1ccc(-c2cccc(-c3cc(-c4cc5ccccc5s4)nc(-c4cc(-n5c6ccccc6c6ccccc65)cc(-n5c6ccccc6c6ccccc65)c4)n3)c2)cc1. The molecule has 0 saturated carbocycles. The molecule has 0 fully saturated rings. The number of benzene rings is 8. The van der Waals surface area contributed by atoms with E-state index in [1.165, 1.54) is 37.2 Å². The van der Waals surface area contributed by atoms with Gasteiger partial charge in [0.05, 0.1) is 38.3 Å². The minimum atomic E-state index is 0.671. The van der Waals surface area contributed by atoms with Gasteiger partial charge >= 0.3 is 0 Å². The van der Waals surface area contributed by atoms with E-state index in [1.807, 2.05) is 0 Å². The van der Waals surface area contributed by atoms with Crippen LogP contribution in [-0.4, -0.2) is 19.1 Å². The van der Waals surface area contributed by atoms with Gasteiger partial charge in [0, 0.05) is 48.7 Å². The Morgan fingerprint density at radius 3 is 1.42 bits per heavy atom. The fourth-order valence-electron chi connectivity index (χ4n) is 8.83. The van der Waals surface area contributed by atoms with Crippen LogP contribution in [0.5, 0.6) is 0 Å². The minimum absolute atomic E-state index is 0.671. The number of fused-ring (bicyclic) bond motifs is 7. The van der Waals surface area contributed by atoms with Gasteiger partial charge in [0.2, 0.25) is 0 Å². The number of hydrogen-bond donors (Lipinski definition) is 0. The zero-order valence-corrected chi connectivity index (χ0v) is 32.6. The molecule has 0 spiro atoms. The first kappa shape index (κ1) is 33.5. The molecule has 0 amide bonds. The van der Waals surface area contributed by atoms with Gasteiger partial charge in [-0.15, -0.1) is 11.3 Å². The second-order valence-corrected chi connectivity index (χ2v) is 16.1. The first-order chi connectivity index (χ1) is 29.2. The third kappa shape index (κ3) is 5.58. The average Bonchev–Trinajstić information content (AvgIpc) is 4.00. The molecule has 0 saturated heterocycles. The summed E-state index contributed by atoms with van der Waals surface area (Å²) in [7, 11) is 0. The molecule has 0 atom stereocenters. The van der Waals surface area contributed by atoms with Crippen molar-refractivity contribution < 1.29 is 0 Å². The van der Waals surface area contributed by atoms with Gasteiger partial charge in [0.25, 0.3) is 0 Å². The predicted octanol–water partition coefficient (Wildman–Crippen LogP) is 14.6. The predicted molar refractivity (Wildman–Crippen MR) is 248 cm³/mol. The molecule has 4 aromatic heterocycles. The van der Waals surface area contributed by atoms with Gasteiger partial charge in [0.15, 0.2) is 5.82 Å². The van der Waals surface area contributed by atoms with Crippen LogP contribution in [0.3, 0.4) is 0 Å². The number of thiophene rings is 1. The third-order valence-corrected chi connectivity index (χ3v) is 12.6. The number of aromatic nitrogens is 4. The summed E-state index contributed by atoms with van der Waals surface area (Å²) in [5.74, 6) is 0.671. The van der Waals surface area contributed by atoms with Crippen molar-refractivity contribution in [2.75, 3.05) is 0 Å². The van der Waals surface area contributed by atoms with Crippen LogP contribution in [-0.2, 0) is 0 Å². The summed E-state index contributed by atoms with van der Waals surface area (Å²) >= 11 is 1.77. The molecule has 59 heavy (non-hydrogen) atoms. The quantitative estimate of drug-likeness (QED) is 0.169. The molecule has 12 rings (SSSR count). The fourth-order valence-corrected chi connectivity index (χ4v) is 9.85. The molecule has 0 bridgehead atoms. The Bertz CT molecular complexity index is 3300. The van der Waals surface area contributed by atoms with Crippen molar-refractivity contribution in [3.63, 3.8) is 0 Å². The number of hydrogen-bond acceptors (Lipinski definition) is 3. The van der Waals surface area contributed by atoms with Gasteiger partial charge in [0.1, 0.15) is 0 Å². The van der Waals surface area contributed by atoms with Crippen molar-refractivity contribution in [1.82, 2.24) is 19.1 Å². The Hall–Kier alpha value is -7.60. The number of para-hydroxylation sites is 4. The molecular formula is C54H34N4S. The van der Waals surface area contributed by atoms with E-state index >= 15 is 0 Å². The topological polar surface area (TPSA) is 35.6 Å². The molecule has 0 unspecified atom stereocenters. The molecule has 0 aliphatic heterocycles. The Morgan fingerprint density at radius 1 is 0.339 bits per heavy atom. The fraction of sp³-hybridized carbons (Fsp3) is 0. The summed E-state index contributed by atoms with van der Waals surface area (Å²) in [6, 6.07) is 73.9. The summed E-state index contributed by atoms with van der Waals surface area (Å²) in [6.45, 7) is 0. The summed E-state index contributed by atoms with van der Waals surface area (Å²) in [5.41, 5.74) is 12.8. The van der Waals surface area contributed by atoms with Crippen molar-refractivity contribution in [2.24, 2.45) is 0 Å². The van der Waals surface area contributed by atoms with Crippen LogP contribution in [0.25, 0.3) is 109 Å². The van der Waals surface area contributed by atoms with Gasteiger partial charge in [-0.25, -0.2) is 9.97 Å². The number of rotatable bonds is 6. The van der Waals surface area contributed by atoms with E-state index in [9.17, 15) is 0 Å². The van der Waals surface area contributed by atoms with Crippen LogP contribution < -0.4 is 0 Å². The standard InChI is InChI=1S/C54H34N4S/c1-2-15-35(16-3-1)36-18-14-19-37(29-36)46-34-47(53-32-38-17-4-13-28-52(38)59-53)56-54(55-46)39-30-40(57-48-24-9-5-20-42(48)43-21-6-10-25-49(43)57)33-41(31-39)58-50-26-11-7-22-44(50)45-23-8-12-27-51(45)58/h1-34H. The molecule has 0 N–H and O–H groups in total. The molecule has 0 aliphatic rings. The molecule has 4 heterocycles. The Kier molecular flexibility index (Phi) is 7.68. The van der Waals surface area contributed by atoms with E-state index in [0.717, 1.165) is 66.4 Å². The molecule has 0 radical (unpaired) electrons. The monoisotopic (exact) mass is 770 g/mol. The van der Waals surface area contributed by atoms with Crippen LogP contribution in [0.15, 0.2) is 206 Å². The highest BCUT2D eigenvalue weighted by molar-refractivity contribution is 7.22. The van der Waals surface area contributed by atoms with Crippen molar-refractivity contribution in [2.45, 2.75) is 0 Å². The number of nitrogens with zero attached hydrogens (tertiary/aromatic N) is 4. The van der Waals surface area contributed by atoms with E-state index in [0.29, 0.717) is 5.82 Å². The summed E-state index contributed by atoms with van der Waals surface area (Å²) in [4.78, 5) is 12.0. The lowest BCUT2D eigenvalue weighted by atomic mass is 10.0. The van der Waals surface area contributed by atoms with Crippen LogP contribution in [0, 0.1) is 0 Å².